The molecule has 2 heterocycles. The molecule has 1 amide bonds. The van der Waals surface area contributed by atoms with Gasteiger partial charge in [0.2, 0.25) is 5.96 Å². The van der Waals surface area contributed by atoms with Gasteiger partial charge in [-0.1, -0.05) is 18.2 Å². The molecule has 2 N–H and O–H groups in total. The highest BCUT2D eigenvalue weighted by atomic mass is 32.2. The van der Waals surface area contributed by atoms with Crippen LogP contribution in [0.15, 0.2) is 45.2 Å². The van der Waals surface area contributed by atoms with Gasteiger partial charge in [-0.05, 0) is 17.8 Å². The summed E-state index contributed by atoms with van der Waals surface area (Å²) in [6.07, 6.45) is 1.13. The van der Waals surface area contributed by atoms with Gasteiger partial charge in [-0.3, -0.25) is 9.69 Å². The van der Waals surface area contributed by atoms with Crippen LogP contribution in [0.4, 0.5) is 0 Å². The van der Waals surface area contributed by atoms with Gasteiger partial charge in [-0.15, -0.1) is 0 Å². The smallest absolute Gasteiger partial charge is 0.331 e. The molecular weight excluding hydrogens is 370 g/mol. The fourth-order valence-corrected chi connectivity index (χ4v) is 3.24. The highest BCUT2D eigenvalue weighted by Crippen LogP contribution is 2.23. The van der Waals surface area contributed by atoms with E-state index < -0.39 is 11.9 Å². The Labute approximate surface area is 160 Å². The van der Waals surface area contributed by atoms with Crippen molar-refractivity contribution in [3.63, 3.8) is 0 Å². The molecule has 27 heavy (non-hydrogen) atoms. The van der Waals surface area contributed by atoms with Crippen molar-refractivity contribution in [3.05, 3.63) is 40.8 Å². The number of aliphatic imine (C=N–C) groups is 2. The van der Waals surface area contributed by atoms with E-state index in [1.54, 1.807) is 7.11 Å². The van der Waals surface area contributed by atoms with Crippen molar-refractivity contribution in [2.24, 2.45) is 9.98 Å². The van der Waals surface area contributed by atoms with E-state index in [1.165, 1.54) is 7.11 Å². The first kappa shape index (κ1) is 18.9. The zero-order valence-electron chi connectivity index (χ0n) is 14.9. The molecule has 10 heteroatoms. The van der Waals surface area contributed by atoms with Gasteiger partial charge in [0.1, 0.15) is 5.75 Å². The Bertz CT molecular complexity index is 836. The number of hydrogen-bond acceptors (Lipinski definition) is 9. The second-order valence-electron chi connectivity index (χ2n) is 5.60. The maximum Gasteiger partial charge on any atom is 0.331 e. The number of carbonyl (C=O) groups excluding carboxylic acids is 2. The van der Waals surface area contributed by atoms with Gasteiger partial charge < -0.3 is 20.1 Å². The van der Waals surface area contributed by atoms with Crippen LogP contribution in [-0.2, 0) is 20.9 Å². The molecule has 1 saturated heterocycles. The average molecular weight is 389 g/mol. The molecule has 0 aliphatic carbocycles. The monoisotopic (exact) mass is 389 g/mol. The van der Waals surface area contributed by atoms with Crippen LogP contribution in [-0.4, -0.2) is 55.5 Å². The lowest BCUT2D eigenvalue weighted by molar-refractivity contribution is -0.135. The van der Waals surface area contributed by atoms with E-state index in [1.807, 2.05) is 24.3 Å². The Balaban J connectivity index is 1.61. The standard InChI is InChI=1S/C17H19N5O4S/c1-25-12-6-4-3-5-11(12)8-22-9-18-16(19-10-22)21-17-20-15(24)13(27-17)7-14(23)26-2/h3-7H,8-10H2,1-2H3,(H2,18,19,20,21,24)/b13-7+. The van der Waals surface area contributed by atoms with Crippen LogP contribution in [0.3, 0.4) is 0 Å². The van der Waals surface area contributed by atoms with Gasteiger partial charge in [-0.25, -0.2) is 9.79 Å². The quantitative estimate of drug-likeness (QED) is 0.575. The molecule has 0 saturated carbocycles. The number of thioether (sulfide) groups is 1. The molecule has 0 spiro atoms. The number of para-hydroxylation sites is 1. The average Bonchev–Trinajstić information content (AvgIpc) is 3.02. The maximum absolute atomic E-state index is 11.8. The van der Waals surface area contributed by atoms with Gasteiger partial charge >= 0.3 is 5.97 Å². The first-order valence-electron chi connectivity index (χ1n) is 8.09. The van der Waals surface area contributed by atoms with E-state index in [-0.39, 0.29) is 4.91 Å². The lowest BCUT2D eigenvalue weighted by Gasteiger charge is -2.25. The predicted molar refractivity (Wildman–Crippen MR) is 102 cm³/mol. The second kappa shape index (κ2) is 8.69. The molecule has 1 aromatic rings. The number of carbonyl (C=O) groups is 2. The van der Waals surface area contributed by atoms with E-state index in [4.69, 9.17) is 4.74 Å². The number of benzene rings is 1. The SMILES string of the molecule is COC(=O)/C=C1/SC(=NC2=NCN(Cc3ccccc3OC)CN2)NC1=O. The lowest BCUT2D eigenvalue weighted by Crippen LogP contribution is -2.42. The highest BCUT2D eigenvalue weighted by Gasteiger charge is 2.26. The fourth-order valence-electron chi connectivity index (χ4n) is 2.45. The summed E-state index contributed by atoms with van der Waals surface area (Å²) in [5.41, 5.74) is 1.07. The molecule has 0 bridgehead atoms. The van der Waals surface area contributed by atoms with Crippen molar-refractivity contribution in [2.75, 3.05) is 27.6 Å². The Hall–Kier alpha value is -2.85. The molecule has 0 unspecified atom stereocenters. The number of guanidine groups is 1. The van der Waals surface area contributed by atoms with Crippen molar-refractivity contribution in [3.8, 4) is 5.75 Å². The summed E-state index contributed by atoms with van der Waals surface area (Å²) in [4.78, 5) is 34.1. The van der Waals surface area contributed by atoms with Gasteiger partial charge in [0.05, 0.1) is 32.5 Å². The predicted octanol–water partition coefficient (Wildman–Crippen LogP) is 0.647. The van der Waals surface area contributed by atoms with Gasteiger partial charge in [0.25, 0.3) is 5.91 Å². The molecule has 142 valence electrons. The van der Waals surface area contributed by atoms with Crippen LogP contribution >= 0.6 is 11.8 Å². The molecule has 0 atom stereocenters. The normalized spacial score (nSPS) is 20.2. The number of esters is 1. The third kappa shape index (κ3) is 4.86. The summed E-state index contributed by atoms with van der Waals surface area (Å²) in [5.74, 6) is 0.281. The first-order chi connectivity index (χ1) is 13.1. The zero-order valence-corrected chi connectivity index (χ0v) is 15.7. The number of nitrogens with zero attached hydrogens (tertiary/aromatic N) is 3. The molecule has 1 fully saturated rings. The molecular formula is C17H19N5O4S. The zero-order chi connectivity index (χ0) is 19.2. The third-order valence-electron chi connectivity index (χ3n) is 3.78. The minimum atomic E-state index is -0.589. The maximum atomic E-state index is 11.8. The van der Waals surface area contributed by atoms with E-state index >= 15 is 0 Å². The van der Waals surface area contributed by atoms with E-state index in [2.05, 4.69) is 30.3 Å². The molecule has 2 aliphatic heterocycles. The Kier molecular flexibility index (Phi) is 6.09. The summed E-state index contributed by atoms with van der Waals surface area (Å²) in [6, 6.07) is 7.83. The fraction of sp³-hybridized carbons (Fsp3) is 0.294. The van der Waals surface area contributed by atoms with E-state index in [0.717, 1.165) is 29.2 Å². The molecule has 0 radical (unpaired) electrons. The third-order valence-corrected chi connectivity index (χ3v) is 4.69. The summed E-state index contributed by atoms with van der Waals surface area (Å²) < 4.78 is 9.89. The topological polar surface area (TPSA) is 105 Å². The molecule has 2 aliphatic rings. The number of amides is 1. The number of nitrogens with one attached hydrogen (secondary N) is 2. The van der Waals surface area contributed by atoms with Crippen LogP contribution in [0.1, 0.15) is 5.56 Å². The van der Waals surface area contributed by atoms with Crippen molar-refractivity contribution >= 4 is 34.8 Å². The van der Waals surface area contributed by atoms with Gasteiger partial charge in [0.15, 0.2) is 5.17 Å². The van der Waals surface area contributed by atoms with Crippen LogP contribution in [0, 0.1) is 0 Å². The summed E-state index contributed by atoms with van der Waals surface area (Å²) in [6.45, 7) is 1.69. The Morgan fingerprint density at radius 2 is 2.22 bits per heavy atom. The molecule has 1 aromatic carbocycles. The minimum absolute atomic E-state index is 0.231. The Morgan fingerprint density at radius 3 is 2.93 bits per heavy atom. The van der Waals surface area contributed by atoms with Crippen molar-refractivity contribution < 1.29 is 19.1 Å². The lowest BCUT2D eigenvalue weighted by atomic mass is 10.2. The minimum Gasteiger partial charge on any atom is -0.496 e. The molecule has 3 rings (SSSR count). The second-order valence-corrected chi connectivity index (χ2v) is 6.63. The number of methoxy groups -OCH3 is 2. The molecule has 9 nitrogen and oxygen atoms in total. The number of amidine groups is 1. The first-order valence-corrected chi connectivity index (χ1v) is 8.91. The number of ether oxygens (including phenoxy) is 2. The summed E-state index contributed by atoms with van der Waals surface area (Å²) in [7, 11) is 2.90. The van der Waals surface area contributed by atoms with Crippen molar-refractivity contribution in [2.45, 2.75) is 6.54 Å². The number of rotatable bonds is 4. The van der Waals surface area contributed by atoms with Gasteiger partial charge in [-0.2, -0.15) is 4.99 Å². The molecule has 0 aromatic heterocycles. The Morgan fingerprint density at radius 1 is 1.41 bits per heavy atom. The largest absolute Gasteiger partial charge is 0.496 e. The van der Waals surface area contributed by atoms with E-state index in [0.29, 0.717) is 31.0 Å². The van der Waals surface area contributed by atoms with Crippen LogP contribution in [0.2, 0.25) is 0 Å². The summed E-state index contributed by atoms with van der Waals surface area (Å²) in [5, 5.41) is 6.06. The van der Waals surface area contributed by atoms with Crippen LogP contribution < -0.4 is 15.4 Å². The number of hydrogen-bond donors (Lipinski definition) is 2. The summed E-state index contributed by atoms with van der Waals surface area (Å²) >= 11 is 1.06. The van der Waals surface area contributed by atoms with Crippen LogP contribution in [0.25, 0.3) is 0 Å². The van der Waals surface area contributed by atoms with Crippen molar-refractivity contribution in [1.82, 2.24) is 15.5 Å². The van der Waals surface area contributed by atoms with Crippen molar-refractivity contribution in [1.29, 1.82) is 0 Å². The van der Waals surface area contributed by atoms with Crippen LogP contribution in [0.5, 0.6) is 5.75 Å². The highest BCUT2D eigenvalue weighted by molar-refractivity contribution is 8.18. The van der Waals surface area contributed by atoms with Gasteiger partial charge in [0, 0.05) is 18.2 Å². The van der Waals surface area contributed by atoms with E-state index in [9.17, 15) is 9.59 Å².